The highest BCUT2D eigenvalue weighted by atomic mass is 16.5. The minimum Gasteiger partial charge on any atom is -0.376 e. The largest absolute Gasteiger partial charge is 0.376 e. The maximum absolute atomic E-state index is 12.3. The van der Waals surface area contributed by atoms with Crippen molar-refractivity contribution in [3.63, 3.8) is 0 Å². The molecule has 120 valence electrons. The van der Waals surface area contributed by atoms with Crippen molar-refractivity contribution in [3.8, 4) is 0 Å². The number of rotatable bonds is 6. The number of carbonyl (C=O) groups excluding carboxylic acids is 2. The first kappa shape index (κ1) is 16.5. The van der Waals surface area contributed by atoms with E-state index in [0.29, 0.717) is 24.2 Å². The maximum atomic E-state index is 12.3. The van der Waals surface area contributed by atoms with Gasteiger partial charge in [-0.25, -0.2) is 0 Å². The molecular formula is C17H24N2O3. The normalized spacial score (nSPS) is 17.5. The first-order valence-corrected chi connectivity index (χ1v) is 7.85. The highest BCUT2D eigenvalue weighted by molar-refractivity contribution is 6.03. The van der Waals surface area contributed by atoms with Crippen molar-refractivity contribution < 1.29 is 14.3 Å². The molecule has 1 unspecified atom stereocenters. The lowest BCUT2D eigenvalue weighted by atomic mass is 10.1. The summed E-state index contributed by atoms with van der Waals surface area (Å²) in [7, 11) is 0. The lowest BCUT2D eigenvalue weighted by Crippen LogP contribution is -2.32. The Balaban J connectivity index is 1.97. The van der Waals surface area contributed by atoms with Crippen LogP contribution in [0.15, 0.2) is 24.3 Å². The van der Waals surface area contributed by atoms with E-state index < -0.39 is 0 Å². The van der Waals surface area contributed by atoms with Crippen molar-refractivity contribution in [2.24, 2.45) is 5.92 Å². The summed E-state index contributed by atoms with van der Waals surface area (Å²) in [5.41, 5.74) is 1.04. The van der Waals surface area contributed by atoms with Gasteiger partial charge in [-0.15, -0.1) is 0 Å². The Morgan fingerprint density at radius 1 is 1.32 bits per heavy atom. The predicted octanol–water partition coefficient (Wildman–Crippen LogP) is 2.58. The van der Waals surface area contributed by atoms with Crippen molar-refractivity contribution in [1.29, 1.82) is 0 Å². The van der Waals surface area contributed by atoms with Crippen LogP contribution in [0.25, 0.3) is 0 Å². The van der Waals surface area contributed by atoms with Gasteiger partial charge in [0.15, 0.2) is 0 Å². The Morgan fingerprint density at radius 2 is 2.09 bits per heavy atom. The minimum absolute atomic E-state index is 0.0747. The van der Waals surface area contributed by atoms with E-state index in [4.69, 9.17) is 4.74 Å². The summed E-state index contributed by atoms with van der Waals surface area (Å²) < 4.78 is 5.49. The molecule has 0 aliphatic carbocycles. The third-order valence-electron chi connectivity index (χ3n) is 3.55. The highest BCUT2D eigenvalue weighted by Gasteiger charge is 2.18. The molecule has 0 spiro atoms. The van der Waals surface area contributed by atoms with E-state index in [1.807, 2.05) is 19.9 Å². The quantitative estimate of drug-likeness (QED) is 0.849. The van der Waals surface area contributed by atoms with Gasteiger partial charge in [-0.1, -0.05) is 26.0 Å². The van der Waals surface area contributed by atoms with E-state index in [0.717, 1.165) is 19.4 Å². The van der Waals surface area contributed by atoms with Crippen molar-refractivity contribution in [2.45, 2.75) is 39.2 Å². The van der Waals surface area contributed by atoms with Gasteiger partial charge in [0, 0.05) is 19.6 Å². The van der Waals surface area contributed by atoms with E-state index in [9.17, 15) is 9.59 Å². The molecule has 5 nitrogen and oxygen atoms in total. The van der Waals surface area contributed by atoms with Gasteiger partial charge in [0.25, 0.3) is 5.91 Å². The second-order valence-electron chi connectivity index (χ2n) is 6.04. The molecule has 2 amide bonds. The Bertz CT molecular complexity index is 522. The number of anilines is 1. The zero-order chi connectivity index (χ0) is 15.9. The summed E-state index contributed by atoms with van der Waals surface area (Å²) >= 11 is 0. The second-order valence-corrected chi connectivity index (χ2v) is 6.04. The lowest BCUT2D eigenvalue weighted by Gasteiger charge is -2.14. The minimum atomic E-state index is -0.184. The van der Waals surface area contributed by atoms with Crippen LogP contribution in [0.4, 0.5) is 5.69 Å². The van der Waals surface area contributed by atoms with Crippen LogP contribution in [0, 0.1) is 5.92 Å². The molecule has 1 aromatic carbocycles. The van der Waals surface area contributed by atoms with Gasteiger partial charge in [0.05, 0.1) is 17.4 Å². The van der Waals surface area contributed by atoms with Gasteiger partial charge in [-0.2, -0.15) is 0 Å². The predicted molar refractivity (Wildman–Crippen MR) is 85.8 cm³/mol. The molecule has 1 fully saturated rings. The third-order valence-corrected chi connectivity index (χ3v) is 3.55. The maximum Gasteiger partial charge on any atom is 0.253 e. The molecule has 0 aromatic heterocycles. The molecule has 22 heavy (non-hydrogen) atoms. The van der Waals surface area contributed by atoms with E-state index in [1.165, 1.54) is 0 Å². The molecule has 1 saturated heterocycles. The molecule has 2 rings (SSSR count). The zero-order valence-corrected chi connectivity index (χ0v) is 13.2. The SMILES string of the molecule is CC(C)CC(=O)Nc1ccccc1C(=O)NCC1CCCO1. The summed E-state index contributed by atoms with van der Waals surface area (Å²) in [6, 6.07) is 7.07. The molecule has 2 N–H and O–H groups in total. The molecule has 1 aromatic rings. The first-order valence-electron chi connectivity index (χ1n) is 7.85. The Morgan fingerprint density at radius 3 is 2.77 bits per heavy atom. The smallest absolute Gasteiger partial charge is 0.253 e. The van der Waals surface area contributed by atoms with E-state index in [-0.39, 0.29) is 23.8 Å². The van der Waals surface area contributed by atoms with Crippen molar-refractivity contribution >= 4 is 17.5 Å². The van der Waals surface area contributed by atoms with Crippen LogP contribution in [-0.2, 0) is 9.53 Å². The van der Waals surface area contributed by atoms with Crippen molar-refractivity contribution in [1.82, 2.24) is 5.32 Å². The fourth-order valence-electron chi connectivity index (χ4n) is 2.47. The molecule has 1 atom stereocenters. The molecule has 0 radical (unpaired) electrons. The van der Waals surface area contributed by atoms with Crippen LogP contribution >= 0.6 is 0 Å². The number of nitrogens with one attached hydrogen (secondary N) is 2. The summed E-state index contributed by atoms with van der Waals surface area (Å²) in [6.07, 6.45) is 2.56. The summed E-state index contributed by atoms with van der Waals surface area (Å²) in [6.45, 7) is 5.25. The lowest BCUT2D eigenvalue weighted by molar-refractivity contribution is -0.116. The molecule has 5 heteroatoms. The topological polar surface area (TPSA) is 67.4 Å². The van der Waals surface area contributed by atoms with Crippen LogP contribution < -0.4 is 10.6 Å². The monoisotopic (exact) mass is 304 g/mol. The third kappa shape index (κ3) is 4.84. The average Bonchev–Trinajstić information content (AvgIpc) is 2.97. The second kappa shape index (κ2) is 7.94. The average molecular weight is 304 g/mol. The number of carbonyl (C=O) groups is 2. The summed E-state index contributed by atoms with van der Waals surface area (Å²) in [4.78, 5) is 24.2. The van der Waals surface area contributed by atoms with Gasteiger partial charge in [-0.3, -0.25) is 9.59 Å². The number of hydrogen-bond donors (Lipinski definition) is 2. The fraction of sp³-hybridized carbons (Fsp3) is 0.529. The van der Waals surface area contributed by atoms with Gasteiger partial charge in [0.2, 0.25) is 5.91 Å². The number of amides is 2. The van der Waals surface area contributed by atoms with E-state index >= 15 is 0 Å². The number of hydrogen-bond acceptors (Lipinski definition) is 3. The van der Waals surface area contributed by atoms with Crippen LogP contribution in [-0.4, -0.2) is 31.1 Å². The van der Waals surface area contributed by atoms with Crippen LogP contribution in [0.3, 0.4) is 0 Å². The summed E-state index contributed by atoms with van der Waals surface area (Å²) in [5, 5.41) is 5.70. The van der Waals surface area contributed by atoms with Crippen LogP contribution in [0.1, 0.15) is 43.5 Å². The van der Waals surface area contributed by atoms with Gasteiger partial charge < -0.3 is 15.4 Å². The van der Waals surface area contributed by atoms with E-state index in [1.54, 1.807) is 18.2 Å². The molecule has 1 aliphatic rings. The van der Waals surface area contributed by atoms with Gasteiger partial charge in [0.1, 0.15) is 0 Å². The molecule has 0 saturated carbocycles. The molecule has 1 heterocycles. The van der Waals surface area contributed by atoms with Gasteiger partial charge in [-0.05, 0) is 30.9 Å². The van der Waals surface area contributed by atoms with Gasteiger partial charge >= 0.3 is 0 Å². The van der Waals surface area contributed by atoms with Crippen LogP contribution in [0.5, 0.6) is 0 Å². The molecular weight excluding hydrogens is 280 g/mol. The van der Waals surface area contributed by atoms with Crippen molar-refractivity contribution in [3.05, 3.63) is 29.8 Å². The number of para-hydroxylation sites is 1. The first-order chi connectivity index (χ1) is 10.6. The Hall–Kier alpha value is -1.88. The fourth-order valence-corrected chi connectivity index (χ4v) is 2.47. The van der Waals surface area contributed by atoms with Crippen molar-refractivity contribution in [2.75, 3.05) is 18.5 Å². The highest BCUT2D eigenvalue weighted by Crippen LogP contribution is 2.17. The summed E-state index contributed by atoms with van der Waals surface area (Å²) in [5.74, 6) is 0.0193. The molecule has 0 bridgehead atoms. The standard InChI is InChI=1S/C17H24N2O3/c1-12(2)10-16(20)19-15-8-4-3-7-14(15)17(21)18-11-13-6-5-9-22-13/h3-4,7-8,12-13H,5-6,9-11H2,1-2H3,(H,18,21)(H,19,20). The zero-order valence-electron chi connectivity index (χ0n) is 13.2. The molecule has 1 aliphatic heterocycles. The van der Waals surface area contributed by atoms with Crippen LogP contribution in [0.2, 0.25) is 0 Å². The number of ether oxygens (including phenoxy) is 1. The Kier molecular flexibility index (Phi) is 5.95. The Labute approximate surface area is 131 Å². The number of benzene rings is 1. The van der Waals surface area contributed by atoms with E-state index in [2.05, 4.69) is 10.6 Å².